The zero-order valence-electron chi connectivity index (χ0n) is 11.4. The largest absolute Gasteiger partial charge is 0.333 e. The Morgan fingerprint density at radius 3 is 2.43 bits per heavy atom. The smallest absolute Gasteiger partial charge is 0.313 e. The van der Waals surface area contributed by atoms with E-state index in [2.05, 4.69) is 5.32 Å². The number of rotatable bonds is 2. The van der Waals surface area contributed by atoms with E-state index in [1.807, 2.05) is 0 Å². The topological polar surface area (TPSA) is 83.6 Å². The van der Waals surface area contributed by atoms with Crippen molar-refractivity contribution in [1.82, 2.24) is 4.90 Å². The fourth-order valence-corrected chi connectivity index (χ4v) is 4.02. The third kappa shape index (κ3) is 3.95. The number of amides is 2. The summed E-state index contributed by atoms with van der Waals surface area (Å²) in [6.45, 7) is 0. The number of sulfone groups is 1. The number of carbonyl (C=O) groups is 2. The molecule has 1 heterocycles. The highest BCUT2D eigenvalue weighted by atomic mass is 35.5. The molecule has 2 amide bonds. The van der Waals surface area contributed by atoms with Gasteiger partial charge < -0.3 is 10.2 Å². The van der Waals surface area contributed by atoms with E-state index in [0.717, 1.165) is 0 Å². The van der Waals surface area contributed by atoms with Gasteiger partial charge in [0.15, 0.2) is 9.84 Å². The van der Waals surface area contributed by atoms with Crippen LogP contribution in [0.15, 0.2) is 24.3 Å². The van der Waals surface area contributed by atoms with Crippen molar-refractivity contribution >= 4 is 38.9 Å². The fraction of sp³-hybridized carbons (Fsp3) is 0.385. The lowest BCUT2D eigenvalue weighted by Gasteiger charge is -2.22. The van der Waals surface area contributed by atoms with Crippen LogP contribution in [0.3, 0.4) is 0 Å². The summed E-state index contributed by atoms with van der Waals surface area (Å²) in [6, 6.07) is 5.89. The second kappa shape index (κ2) is 6.03. The number of nitrogens with one attached hydrogen (secondary N) is 1. The maximum absolute atomic E-state index is 12.0. The number of nitrogens with zero attached hydrogens (tertiary/aromatic N) is 1. The van der Waals surface area contributed by atoms with E-state index in [1.54, 1.807) is 24.3 Å². The molecule has 8 heteroatoms. The first-order valence-electron chi connectivity index (χ1n) is 6.32. The maximum Gasteiger partial charge on any atom is 0.313 e. The van der Waals surface area contributed by atoms with E-state index in [4.69, 9.17) is 11.6 Å². The average Bonchev–Trinajstić information content (AvgIpc) is 2.80. The van der Waals surface area contributed by atoms with Crippen LogP contribution in [0.4, 0.5) is 5.69 Å². The van der Waals surface area contributed by atoms with E-state index in [9.17, 15) is 18.0 Å². The summed E-state index contributed by atoms with van der Waals surface area (Å²) in [5.74, 6) is -1.60. The lowest BCUT2D eigenvalue weighted by atomic mass is 10.2. The predicted molar refractivity (Wildman–Crippen MR) is 79.9 cm³/mol. The Morgan fingerprint density at radius 1 is 1.29 bits per heavy atom. The molecular formula is C13H15ClN2O4S. The minimum Gasteiger partial charge on any atom is -0.333 e. The highest BCUT2D eigenvalue weighted by molar-refractivity contribution is 7.91. The highest BCUT2D eigenvalue weighted by Gasteiger charge is 2.34. The first kappa shape index (κ1) is 15.8. The van der Waals surface area contributed by atoms with Crippen LogP contribution >= 0.6 is 11.6 Å². The number of benzene rings is 1. The second-order valence-electron chi connectivity index (χ2n) is 4.93. The number of hydrogen-bond acceptors (Lipinski definition) is 4. The number of hydrogen-bond donors (Lipinski definition) is 1. The van der Waals surface area contributed by atoms with Crippen LogP contribution < -0.4 is 5.32 Å². The van der Waals surface area contributed by atoms with Gasteiger partial charge >= 0.3 is 11.8 Å². The van der Waals surface area contributed by atoms with Gasteiger partial charge in [0.1, 0.15) is 0 Å². The normalized spacial score (nSPS) is 20.0. The molecule has 1 aliphatic heterocycles. The summed E-state index contributed by atoms with van der Waals surface area (Å²) in [6.07, 6.45) is 0.360. The summed E-state index contributed by atoms with van der Waals surface area (Å²) in [5, 5.41) is 2.98. The lowest BCUT2D eigenvalue weighted by Crippen LogP contribution is -2.43. The monoisotopic (exact) mass is 330 g/mol. The van der Waals surface area contributed by atoms with Crippen LogP contribution in [0.2, 0.25) is 5.02 Å². The van der Waals surface area contributed by atoms with Crippen LogP contribution in [0, 0.1) is 0 Å². The van der Waals surface area contributed by atoms with Crippen molar-refractivity contribution in [2.45, 2.75) is 12.5 Å². The predicted octanol–water partition coefficient (Wildman–Crippen LogP) is 0.924. The summed E-state index contributed by atoms with van der Waals surface area (Å²) in [4.78, 5) is 25.1. The van der Waals surface area contributed by atoms with Crippen LogP contribution in [-0.4, -0.2) is 49.7 Å². The second-order valence-corrected chi connectivity index (χ2v) is 7.60. The van der Waals surface area contributed by atoms with Crippen molar-refractivity contribution in [3.05, 3.63) is 29.3 Å². The highest BCUT2D eigenvalue weighted by Crippen LogP contribution is 2.17. The zero-order chi connectivity index (χ0) is 15.6. The van der Waals surface area contributed by atoms with Crippen LogP contribution in [0.5, 0.6) is 0 Å². The molecule has 0 radical (unpaired) electrons. The van der Waals surface area contributed by atoms with Gasteiger partial charge in [-0.05, 0) is 30.7 Å². The fourth-order valence-electron chi connectivity index (χ4n) is 2.12. The van der Waals surface area contributed by atoms with Gasteiger partial charge in [0, 0.05) is 23.8 Å². The Morgan fingerprint density at radius 2 is 1.90 bits per heavy atom. The molecule has 0 aliphatic carbocycles. The molecule has 114 valence electrons. The number of carbonyl (C=O) groups excluding carboxylic acids is 2. The SMILES string of the molecule is CN(C(=O)C(=O)Nc1ccc(Cl)cc1)C1CCS(=O)(=O)C1. The van der Waals surface area contributed by atoms with Crippen molar-refractivity contribution in [2.24, 2.45) is 0 Å². The van der Waals surface area contributed by atoms with Crippen LogP contribution in [0.25, 0.3) is 0 Å². The Labute approximate surface area is 128 Å². The van der Waals surface area contributed by atoms with Crippen molar-refractivity contribution in [3.63, 3.8) is 0 Å². The number of anilines is 1. The van der Waals surface area contributed by atoms with Gasteiger partial charge in [-0.15, -0.1) is 0 Å². The summed E-state index contributed by atoms with van der Waals surface area (Å²) < 4.78 is 22.8. The molecule has 0 bridgehead atoms. The van der Waals surface area contributed by atoms with Gasteiger partial charge in [-0.25, -0.2) is 8.42 Å². The molecule has 1 aromatic rings. The molecule has 0 saturated carbocycles. The summed E-state index contributed by atoms with van der Waals surface area (Å²) in [5.41, 5.74) is 0.449. The third-order valence-electron chi connectivity index (χ3n) is 3.37. The molecule has 1 atom stereocenters. The molecule has 1 N–H and O–H groups in total. The van der Waals surface area contributed by atoms with E-state index in [0.29, 0.717) is 17.1 Å². The van der Waals surface area contributed by atoms with Gasteiger partial charge in [-0.2, -0.15) is 0 Å². The number of likely N-dealkylation sites (N-methyl/N-ethyl adjacent to an activating group) is 1. The van der Waals surface area contributed by atoms with Crippen molar-refractivity contribution in [2.75, 3.05) is 23.9 Å². The zero-order valence-corrected chi connectivity index (χ0v) is 12.9. The van der Waals surface area contributed by atoms with Crippen LogP contribution in [-0.2, 0) is 19.4 Å². The molecule has 1 aliphatic rings. The molecule has 1 unspecified atom stereocenters. The van der Waals surface area contributed by atoms with E-state index in [-0.39, 0.29) is 11.5 Å². The van der Waals surface area contributed by atoms with Gasteiger partial charge in [0.2, 0.25) is 0 Å². The Bertz CT molecular complexity index is 657. The van der Waals surface area contributed by atoms with Crippen molar-refractivity contribution in [1.29, 1.82) is 0 Å². The third-order valence-corrected chi connectivity index (χ3v) is 5.38. The van der Waals surface area contributed by atoms with E-state index < -0.39 is 27.7 Å². The Kier molecular flexibility index (Phi) is 4.53. The molecular weight excluding hydrogens is 316 g/mol. The molecule has 2 rings (SSSR count). The molecule has 1 fully saturated rings. The maximum atomic E-state index is 12.0. The number of halogens is 1. The Hall–Kier alpha value is -1.60. The molecule has 0 spiro atoms. The van der Waals surface area contributed by atoms with E-state index in [1.165, 1.54) is 11.9 Å². The molecule has 1 saturated heterocycles. The van der Waals surface area contributed by atoms with Gasteiger partial charge in [0.25, 0.3) is 0 Å². The van der Waals surface area contributed by atoms with Gasteiger partial charge in [-0.1, -0.05) is 11.6 Å². The standard InChI is InChI=1S/C13H15ClN2O4S/c1-16(11-6-7-21(19,20)8-11)13(18)12(17)15-10-4-2-9(14)3-5-10/h2-5,11H,6-8H2,1H3,(H,15,17). The minimum atomic E-state index is -3.10. The average molecular weight is 331 g/mol. The lowest BCUT2D eigenvalue weighted by molar-refractivity contribution is -0.143. The van der Waals surface area contributed by atoms with E-state index >= 15 is 0 Å². The molecule has 0 aromatic heterocycles. The molecule has 6 nitrogen and oxygen atoms in total. The first-order valence-corrected chi connectivity index (χ1v) is 8.52. The van der Waals surface area contributed by atoms with Crippen molar-refractivity contribution < 1.29 is 18.0 Å². The first-order chi connectivity index (χ1) is 9.78. The van der Waals surface area contributed by atoms with Crippen molar-refractivity contribution in [3.8, 4) is 0 Å². The van der Waals surface area contributed by atoms with Crippen LogP contribution in [0.1, 0.15) is 6.42 Å². The summed E-state index contributed by atoms with van der Waals surface area (Å²) in [7, 11) is -1.66. The molecule has 21 heavy (non-hydrogen) atoms. The minimum absolute atomic E-state index is 0.0497. The van der Waals surface area contributed by atoms with Gasteiger partial charge in [-0.3, -0.25) is 9.59 Å². The Balaban J connectivity index is 1.99. The van der Waals surface area contributed by atoms with Gasteiger partial charge in [0.05, 0.1) is 11.5 Å². The molecule has 1 aromatic carbocycles. The quantitative estimate of drug-likeness (QED) is 0.817. The summed E-state index contributed by atoms with van der Waals surface area (Å²) >= 11 is 5.73.